The summed E-state index contributed by atoms with van der Waals surface area (Å²) in [5.74, 6) is -1.16. The van der Waals surface area contributed by atoms with Crippen molar-refractivity contribution in [2.75, 3.05) is 33.2 Å². The third-order valence-corrected chi connectivity index (χ3v) is 7.13. The van der Waals surface area contributed by atoms with Crippen LogP contribution in [0, 0.1) is 11.7 Å². The molecule has 2 aliphatic rings. The number of nitrogens with one attached hydrogen (secondary N) is 2. The van der Waals surface area contributed by atoms with Gasteiger partial charge in [0.2, 0.25) is 11.8 Å². The predicted molar refractivity (Wildman–Crippen MR) is 125 cm³/mol. The first-order valence-corrected chi connectivity index (χ1v) is 12.1. The Bertz CT molecular complexity index is 1040. The summed E-state index contributed by atoms with van der Waals surface area (Å²) in [5.41, 5.74) is 0.253. The predicted octanol–water partition coefficient (Wildman–Crippen LogP) is 1.43. The molecule has 1 saturated carbocycles. The summed E-state index contributed by atoms with van der Waals surface area (Å²) in [6, 6.07) is 2.01. The Hall–Kier alpha value is -3.01. The van der Waals surface area contributed by atoms with Gasteiger partial charge in [-0.25, -0.2) is 8.91 Å². The molecule has 4 rings (SSSR count). The van der Waals surface area contributed by atoms with Gasteiger partial charge >= 0.3 is 0 Å². The van der Waals surface area contributed by atoms with Gasteiger partial charge in [-0.05, 0) is 44.9 Å². The standard InChI is InChI=1S/C24H33FN6O3/c1-16(26-2)22(32)28-21(17-6-4-3-5-7-17)24(34)30-14-12-29(13-15-30)23(33)18-9-11-31-19(20(18)25)8-10-27-31/h8-11,16-17,21,26H,3-7,12-15H2,1-2H3,(H,28,32)/t16-,21-/m0/s1. The molecular formula is C24H33FN6O3. The minimum atomic E-state index is -0.595. The number of amides is 3. The molecule has 184 valence electrons. The zero-order chi connectivity index (χ0) is 24.2. The molecule has 0 spiro atoms. The Kier molecular flexibility index (Phi) is 7.45. The quantitative estimate of drug-likeness (QED) is 0.663. The van der Waals surface area contributed by atoms with Crippen LogP contribution in [0.4, 0.5) is 4.39 Å². The first-order chi connectivity index (χ1) is 16.4. The molecule has 3 amide bonds. The van der Waals surface area contributed by atoms with E-state index in [4.69, 9.17) is 0 Å². The summed E-state index contributed by atoms with van der Waals surface area (Å²) in [5, 5.41) is 9.89. The summed E-state index contributed by atoms with van der Waals surface area (Å²) in [6.07, 6.45) is 8.15. The van der Waals surface area contributed by atoms with E-state index in [9.17, 15) is 18.8 Å². The molecule has 0 radical (unpaired) electrons. The molecule has 2 aromatic heterocycles. The SMILES string of the molecule is CN[C@@H](C)C(=O)N[C@H](C(=O)N1CCN(C(=O)c2ccn3nccc3c2F)CC1)C1CCCCC1. The van der Waals surface area contributed by atoms with Crippen LogP contribution in [-0.4, -0.2) is 82.4 Å². The second kappa shape index (κ2) is 10.5. The van der Waals surface area contributed by atoms with Crippen molar-refractivity contribution < 1.29 is 18.8 Å². The van der Waals surface area contributed by atoms with E-state index in [-0.39, 0.29) is 28.8 Å². The lowest BCUT2D eigenvalue weighted by Crippen LogP contribution is -2.59. The third-order valence-electron chi connectivity index (χ3n) is 7.13. The fraction of sp³-hybridized carbons (Fsp3) is 0.583. The van der Waals surface area contributed by atoms with Crippen LogP contribution in [0.2, 0.25) is 0 Å². The highest BCUT2D eigenvalue weighted by atomic mass is 19.1. The lowest BCUT2D eigenvalue weighted by molar-refractivity contribution is -0.140. The monoisotopic (exact) mass is 472 g/mol. The van der Waals surface area contributed by atoms with E-state index in [1.807, 2.05) is 0 Å². The van der Waals surface area contributed by atoms with Gasteiger partial charge < -0.3 is 20.4 Å². The number of carbonyl (C=O) groups is 3. The Morgan fingerprint density at radius 1 is 1.06 bits per heavy atom. The highest BCUT2D eigenvalue weighted by Crippen LogP contribution is 2.28. The van der Waals surface area contributed by atoms with Crippen LogP contribution in [0.15, 0.2) is 24.5 Å². The zero-order valence-corrected chi connectivity index (χ0v) is 19.8. The maximum atomic E-state index is 14.8. The Balaban J connectivity index is 1.42. The van der Waals surface area contributed by atoms with Crippen molar-refractivity contribution in [1.82, 2.24) is 30.0 Å². The molecule has 1 aliphatic heterocycles. The lowest BCUT2D eigenvalue weighted by atomic mass is 9.83. The van der Waals surface area contributed by atoms with Crippen LogP contribution in [-0.2, 0) is 9.59 Å². The molecule has 0 unspecified atom stereocenters. The topological polar surface area (TPSA) is 99.0 Å². The van der Waals surface area contributed by atoms with Gasteiger partial charge in [-0.15, -0.1) is 0 Å². The molecule has 2 fully saturated rings. The van der Waals surface area contributed by atoms with Gasteiger partial charge in [0, 0.05) is 32.4 Å². The van der Waals surface area contributed by atoms with E-state index in [0.717, 1.165) is 32.1 Å². The number of rotatable bonds is 6. The van der Waals surface area contributed by atoms with E-state index < -0.39 is 23.8 Å². The van der Waals surface area contributed by atoms with Gasteiger partial charge in [-0.1, -0.05) is 19.3 Å². The number of aromatic nitrogens is 2. The van der Waals surface area contributed by atoms with Crippen LogP contribution >= 0.6 is 0 Å². The van der Waals surface area contributed by atoms with E-state index >= 15 is 0 Å². The number of hydrogen-bond donors (Lipinski definition) is 2. The van der Waals surface area contributed by atoms with Crippen molar-refractivity contribution in [3.8, 4) is 0 Å². The molecule has 3 heterocycles. The van der Waals surface area contributed by atoms with Crippen LogP contribution in [0.1, 0.15) is 49.4 Å². The van der Waals surface area contributed by atoms with E-state index in [0.29, 0.717) is 26.2 Å². The van der Waals surface area contributed by atoms with Crippen LogP contribution < -0.4 is 10.6 Å². The maximum Gasteiger partial charge on any atom is 0.257 e. The van der Waals surface area contributed by atoms with Crippen molar-refractivity contribution >= 4 is 23.2 Å². The Morgan fingerprint density at radius 2 is 1.74 bits per heavy atom. The molecule has 2 atom stereocenters. The second-order valence-corrected chi connectivity index (χ2v) is 9.22. The van der Waals surface area contributed by atoms with Gasteiger partial charge in [0.15, 0.2) is 5.82 Å². The first kappa shape index (κ1) is 24.1. The first-order valence-electron chi connectivity index (χ1n) is 12.1. The van der Waals surface area contributed by atoms with E-state index in [1.165, 1.54) is 22.8 Å². The summed E-state index contributed by atoms with van der Waals surface area (Å²) in [6.45, 7) is 3.09. The maximum absolute atomic E-state index is 14.8. The highest BCUT2D eigenvalue weighted by molar-refractivity contribution is 5.96. The summed E-state index contributed by atoms with van der Waals surface area (Å²) in [7, 11) is 1.71. The van der Waals surface area contributed by atoms with Crippen LogP contribution in [0.25, 0.3) is 5.52 Å². The largest absolute Gasteiger partial charge is 0.343 e. The normalized spacial score (nSPS) is 19.1. The molecule has 2 aromatic rings. The molecule has 34 heavy (non-hydrogen) atoms. The van der Waals surface area contributed by atoms with Gasteiger partial charge in [0.05, 0.1) is 17.8 Å². The minimum absolute atomic E-state index is 0.00109. The molecule has 2 N–H and O–H groups in total. The molecule has 1 aliphatic carbocycles. The number of carbonyl (C=O) groups excluding carboxylic acids is 3. The number of hydrogen-bond acceptors (Lipinski definition) is 5. The number of halogens is 1. The van der Waals surface area contributed by atoms with Gasteiger partial charge in [-0.2, -0.15) is 5.10 Å². The zero-order valence-electron chi connectivity index (χ0n) is 19.8. The molecule has 0 aromatic carbocycles. The van der Waals surface area contributed by atoms with Gasteiger partial charge in [0.25, 0.3) is 5.91 Å². The van der Waals surface area contributed by atoms with Crippen LogP contribution in [0.3, 0.4) is 0 Å². The number of pyridine rings is 1. The highest BCUT2D eigenvalue weighted by Gasteiger charge is 2.36. The minimum Gasteiger partial charge on any atom is -0.343 e. The molecule has 10 heteroatoms. The molecule has 1 saturated heterocycles. The lowest BCUT2D eigenvalue weighted by Gasteiger charge is -2.39. The molecule has 9 nitrogen and oxygen atoms in total. The van der Waals surface area contributed by atoms with Crippen molar-refractivity contribution in [2.24, 2.45) is 5.92 Å². The van der Waals surface area contributed by atoms with Gasteiger partial charge in [-0.3, -0.25) is 14.4 Å². The molecule has 0 bridgehead atoms. The Morgan fingerprint density at radius 3 is 2.41 bits per heavy atom. The number of fused-ring (bicyclic) bond motifs is 1. The average molecular weight is 473 g/mol. The smallest absolute Gasteiger partial charge is 0.257 e. The summed E-state index contributed by atoms with van der Waals surface area (Å²) < 4.78 is 16.2. The van der Waals surface area contributed by atoms with Crippen molar-refractivity contribution in [3.05, 3.63) is 35.9 Å². The van der Waals surface area contributed by atoms with E-state index in [1.54, 1.807) is 30.0 Å². The van der Waals surface area contributed by atoms with E-state index in [2.05, 4.69) is 15.7 Å². The average Bonchev–Trinajstić information content (AvgIpc) is 3.36. The second-order valence-electron chi connectivity index (χ2n) is 9.22. The molecular weight excluding hydrogens is 439 g/mol. The fourth-order valence-corrected chi connectivity index (χ4v) is 4.88. The number of piperazine rings is 1. The van der Waals surface area contributed by atoms with Crippen molar-refractivity contribution in [2.45, 2.75) is 51.1 Å². The number of likely N-dealkylation sites (N-methyl/N-ethyl adjacent to an activating group) is 1. The summed E-state index contributed by atoms with van der Waals surface area (Å²) in [4.78, 5) is 42.3. The van der Waals surface area contributed by atoms with Crippen molar-refractivity contribution in [1.29, 1.82) is 0 Å². The third kappa shape index (κ3) is 4.91. The van der Waals surface area contributed by atoms with Crippen LogP contribution in [0.5, 0.6) is 0 Å². The number of nitrogens with zero attached hydrogens (tertiary/aromatic N) is 4. The van der Waals surface area contributed by atoms with Gasteiger partial charge in [0.1, 0.15) is 11.6 Å². The van der Waals surface area contributed by atoms with Crippen molar-refractivity contribution in [3.63, 3.8) is 0 Å². The summed E-state index contributed by atoms with van der Waals surface area (Å²) >= 11 is 0. The Labute approximate surface area is 198 Å². The fourth-order valence-electron chi connectivity index (χ4n) is 4.88.